The van der Waals surface area contributed by atoms with Crippen molar-refractivity contribution in [1.29, 1.82) is 0 Å². The second kappa shape index (κ2) is 6.71. The molecular formula is C22H30F2N4O. The molecule has 2 aliphatic carbocycles. The molecule has 2 saturated carbocycles. The highest BCUT2D eigenvalue weighted by atomic mass is 19.3. The molecule has 3 fully saturated rings. The fourth-order valence-electron chi connectivity index (χ4n) is 5.23. The molecule has 2 N–H and O–H groups in total. The van der Waals surface area contributed by atoms with E-state index in [1.54, 1.807) is 30.8 Å². The van der Waals surface area contributed by atoms with Crippen molar-refractivity contribution in [3.8, 4) is 0 Å². The van der Waals surface area contributed by atoms with Gasteiger partial charge in [-0.25, -0.2) is 13.8 Å². The first-order valence-electron chi connectivity index (χ1n) is 10.9. The second-order valence-corrected chi connectivity index (χ2v) is 9.68. The zero-order valence-corrected chi connectivity index (χ0v) is 17.2. The Balaban J connectivity index is 1.42. The van der Waals surface area contributed by atoms with Gasteiger partial charge >= 0.3 is 0 Å². The SMILES string of the molecule is Cn1c(C2(C)CC2(F)F)cc2ncc([C@@H]3CCC[C@@H](CC4CC4)[C@H](CO)N3)nc21. The molecule has 1 unspecified atom stereocenters. The molecular weight excluding hydrogens is 374 g/mol. The maximum Gasteiger partial charge on any atom is 0.260 e. The minimum Gasteiger partial charge on any atom is -0.395 e. The highest BCUT2D eigenvalue weighted by molar-refractivity contribution is 5.74. The standard InChI is InChI=1S/C22H30F2N4O/c1-21(12-22(21,23)24)19-9-16-20(28(19)2)27-17(10-25-16)15-5-3-4-14(8-13-6-7-13)18(11-29)26-15/h9-10,13-15,18,26,29H,3-8,11-12H2,1-2H3/t14-,15-,18-,21?/m0/s1. The first kappa shape index (κ1) is 19.4. The molecule has 5 nitrogen and oxygen atoms in total. The number of hydrogen-bond acceptors (Lipinski definition) is 4. The molecule has 0 bridgehead atoms. The highest BCUT2D eigenvalue weighted by Gasteiger charge is 2.70. The molecule has 0 spiro atoms. The van der Waals surface area contributed by atoms with Crippen LogP contribution in [0, 0.1) is 11.8 Å². The highest BCUT2D eigenvalue weighted by Crippen LogP contribution is 2.61. The van der Waals surface area contributed by atoms with Gasteiger partial charge < -0.3 is 15.0 Å². The van der Waals surface area contributed by atoms with Crippen molar-refractivity contribution >= 4 is 11.2 Å². The summed E-state index contributed by atoms with van der Waals surface area (Å²) in [6.45, 7) is 1.74. The number of alkyl halides is 2. The van der Waals surface area contributed by atoms with Crippen LogP contribution in [0.15, 0.2) is 12.3 Å². The van der Waals surface area contributed by atoms with Crippen LogP contribution in [-0.4, -0.2) is 38.2 Å². The van der Waals surface area contributed by atoms with Gasteiger partial charge in [-0.1, -0.05) is 19.3 Å². The summed E-state index contributed by atoms with van der Waals surface area (Å²) in [7, 11) is 1.80. The number of halogens is 2. The Morgan fingerprint density at radius 2 is 2.03 bits per heavy atom. The summed E-state index contributed by atoms with van der Waals surface area (Å²) in [5, 5.41) is 13.6. The minimum atomic E-state index is -2.66. The van der Waals surface area contributed by atoms with Crippen LogP contribution in [0.4, 0.5) is 8.78 Å². The van der Waals surface area contributed by atoms with Crippen molar-refractivity contribution in [2.75, 3.05) is 6.61 Å². The molecule has 29 heavy (non-hydrogen) atoms. The number of aliphatic hydroxyl groups is 1. The maximum atomic E-state index is 13.9. The second-order valence-electron chi connectivity index (χ2n) is 9.68. The van der Waals surface area contributed by atoms with Crippen LogP contribution in [0.5, 0.6) is 0 Å². The Labute approximate surface area is 169 Å². The molecule has 0 aromatic carbocycles. The minimum absolute atomic E-state index is 0.0320. The van der Waals surface area contributed by atoms with E-state index in [9.17, 15) is 13.9 Å². The number of nitrogens with zero attached hydrogens (tertiary/aromatic N) is 3. The third kappa shape index (κ3) is 3.26. The molecule has 2 aromatic rings. The van der Waals surface area contributed by atoms with Crippen LogP contribution < -0.4 is 5.32 Å². The van der Waals surface area contributed by atoms with E-state index in [4.69, 9.17) is 4.98 Å². The number of aryl methyl sites for hydroxylation is 1. The van der Waals surface area contributed by atoms with Gasteiger partial charge in [-0.3, -0.25) is 4.98 Å². The number of fused-ring (bicyclic) bond motifs is 1. The number of aliphatic hydroxyl groups excluding tert-OH is 1. The van der Waals surface area contributed by atoms with Gasteiger partial charge in [0.05, 0.1) is 30.0 Å². The molecule has 3 aliphatic rings. The Kier molecular flexibility index (Phi) is 4.48. The number of aromatic nitrogens is 3. The van der Waals surface area contributed by atoms with Crippen LogP contribution >= 0.6 is 0 Å². The average molecular weight is 405 g/mol. The first-order valence-corrected chi connectivity index (χ1v) is 10.9. The van der Waals surface area contributed by atoms with Crippen LogP contribution in [-0.2, 0) is 12.5 Å². The lowest BCUT2D eigenvalue weighted by Crippen LogP contribution is -2.40. The zero-order chi connectivity index (χ0) is 20.4. The molecule has 1 aliphatic heterocycles. The molecule has 2 aromatic heterocycles. The fraction of sp³-hybridized carbons (Fsp3) is 0.727. The van der Waals surface area contributed by atoms with Gasteiger partial charge in [0.2, 0.25) is 0 Å². The Morgan fingerprint density at radius 1 is 1.28 bits per heavy atom. The summed E-state index contributed by atoms with van der Waals surface area (Å²) < 4.78 is 29.6. The van der Waals surface area contributed by atoms with Crippen LogP contribution in [0.25, 0.3) is 11.2 Å². The fourth-order valence-corrected chi connectivity index (χ4v) is 5.23. The lowest BCUT2D eigenvalue weighted by atomic mass is 9.90. The van der Waals surface area contributed by atoms with Crippen LogP contribution in [0.2, 0.25) is 0 Å². The predicted molar refractivity (Wildman–Crippen MR) is 107 cm³/mol. The number of hydrogen-bond donors (Lipinski definition) is 2. The first-order chi connectivity index (χ1) is 13.8. The molecule has 7 heteroatoms. The van der Waals surface area contributed by atoms with E-state index >= 15 is 0 Å². The smallest absolute Gasteiger partial charge is 0.260 e. The van der Waals surface area contributed by atoms with E-state index in [-0.39, 0.29) is 25.1 Å². The monoisotopic (exact) mass is 404 g/mol. The van der Waals surface area contributed by atoms with Crippen molar-refractivity contribution in [3.63, 3.8) is 0 Å². The number of nitrogens with one attached hydrogen (secondary N) is 1. The molecule has 3 heterocycles. The third-order valence-corrected chi connectivity index (χ3v) is 7.51. The molecule has 1 saturated heterocycles. The largest absolute Gasteiger partial charge is 0.395 e. The molecule has 158 valence electrons. The van der Waals surface area contributed by atoms with Crippen LogP contribution in [0.1, 0.15) is 69.3 Å². The van der Waals surface area contributed by atoms with Gasteiger partial charge in [-0.05, 0) is 44.1 Å². The van der Waals surface area contributed by atoms with E-state index in [2.05, 4.69) is 10.3 Å². The summed E-state index contributed by atoms with van der Waals surface area (Å²) in [6, 6.07) is 1.87. The number of rotatable bonds is 5. The lowest BCUT2D eigenvalue weighted by molar-refractivity contribution is 0.0904. The lowest BCUT2D eigenvalue weighted by Gasteiger charge is -2.26. The quantitative estimate of drug-likeness (QED) is 0.795. The summed E-state index contributed by atoms with van der Waals surface area (Å²) in [5.41, 5.74) is 1.63. The van der Waals surface area contributed by atoms with Gasteiger partial charge in [0, 0.05) is 25.2 Å². The average Bonchev–Trinajstić information content (AvgIpc) is 3.57. The Hall–Kier alpha value is -1.60. The van der Waals surface area contributed by atoms with E-state index in [1.807, 2.05) is 0 Å². The third-order valence-electron chi connectivity index (χ3n) is 7.51. The molecule has 0 radical (unpaired) electrons. The Bertz CT molecular complexity index is 925. The van der Waals surface area contributed by atoms with Crippen molar-refractivity contribution < 1.29 is 13.9 Å². The van der Waals surface area contributed by atoms with Gasteiger partial charge in [-0.2, -0.15) is 0 Å². The van der Waals surface area contributed by atoms with Gasteiger partial charge in [0.15, 0.2) is 5.65 Å². The normalized spacial score (nSPS) is 34.3. The van der Waals surface area contributed by atoms with E-state index in [1.165, 1.54) is 19.3 Å². The van der Waals surface area contributed by atoms with Crippen LogP contribution in [0.3, 0.4) is 0 Å². The molecule has 5 rings (SSSR count). The maximum absolute atomic E-state index is 13.9. The predicted octanol–water partition coefficient (Wildman–Crippen LogP) is 3.86. The topological polar surface area (TPSA) is 63.0 Å². The van der Waals surface area contributed by atoms with Gasteiger partial charge in [0.1, 0.15) is 5.52 Å². The van der Waals surface area contributed by atoms with Crippen molar-refractivity contribution in [2.45, 2.75) is 75.3 Å². The van der Waals surface area contributed by atoms with Crippen molar-refractivity contribution in [3.05, 3.63) is 23.7 Å². The van der Waals surface area contributed by atoms with Gasteiger partial charge in [0.25, 0.3) is 5.92 Å². The van der Waals surface area contributed by atoms with Crippen molar-refractivity contribution in [1.82, 2.24) is 19.9 Å². The zero-order valence-electron chi connectivity index (χ0n) is 17.2. The van der Waals surface area contributed by atoms with Crippen molar-refractivity contribution in [2.24, 2.45) is 18.9 Å². The summed E-state index contributed by atoms with van der Waals surface area (Å²) in [4.78, 5) is 9.38. The van der Waals surface area contributed by atoms with E-state index < -0.39 is 11.3 Å². The van der Waals surface area contributed by atoms with E-state index in [0.717, 1.165) is 30.9 Å². The summed E-state index contributed by atoms with van der Waals surface area (Å²) in [5.74, 6) is -1.31. The van der Waals surface area contributed by atoms with Gasteiger partial charge in [-0.15, -0.1) is 0 Å². The van der Waals surface area contributed by atoms with E-state index in [0.29, 0.717) is 22.8 Å². The molecule has 4 atom stereocenters. The Morgan fingerprint density at radius 3 is 2.69 bits per heavy atom. The molecule has 0 amide bonds. The summed E-state index contributed by atoms with van der Waals surface area (Å²) in [6.07, 6.45) is 8.67. The summed E-state index contributed by atoms with van der Waals surface area (Å²) >= 11 is 0.